The second-order valence-corrected chi connectivity index (χ2v) is 5.30. The second-order valence-electron chi connectivity index (χ2n) is 4.86. The molecule has 19 heavy (non-hydrogen) atoms. The summed E-state index contributed by atoms with van der Waals surface area (Å²) in [5.74, 6) is -0.152. The van der Waals surface area contributed by atoms with Gasteiger partial charge < -0.3 is 0 Å². The molecular formula is C17H16ClN. The third-order valence-electron chi connectivity index (χ3n) is 3.42. The lowest BCUT2D eigenvalue weighted by Gasteiger charge is -2.11. The Morgan fingerprint density at radius 2 is 1.89 bits per heavy atom. The molecule has 1 atom stereocenters. The summed E-state index contributed by atoms with van der Waals surface area (Å²) in [6, 6.07) is 16.3. The van der Waals surface area contributed by atoms with Crippen molar-refractivity contribution in [1.29, 1.82) is 5.26 Å². The van der Waals surface area contributed by atoms with Crippen molar-refractivity contribution in [3.63, 3.8) is 0 Å². The monoisotopic (exact) mass is 269 g/mol. The van der Waals surface area contributed by atoms with Gasteiger partial charge in [-0.05, 0) is 54.7 Å². The molecule has 2 aromatic rings. The van der Waals surface area contributed by atoms with Crippen molar-refractivity contribution >= 4 is 11.6 Å². The molecule has 0 aliphatic carbocycles. The van der Waals surface area contributed by atoms with Crippen molar-refractivity contribution < 1.29 is 0 Å². The molecule has 0 aliphatic heterocycles. The van der Waals surface area contributed by atoms with Crippen LogP contribution in [0.3, 0.4) is 0 Å². The summed E-state index contributed by atoms with van der Waals surface area (Å²) in [4.78, 5) is 0. The van der Waals surface area contributed by atoms with Crippen LogP contribution in [0.4, 0.5) is 0 Å². The Morgan fingerprint density at radius 1 is 1.11 bits per heavy atom. The molecule has 0 bridgehead atoms. The van der Waals surface area contributed by atoms with Crippen molar-refractivity contribution in [3.05, 3.63) is 69.7 Å². The van der Waals surface area contributed by atoms with Crippen LogP contribution in [0.15, 0.2) is 42.5 Å². The molecule has 0 amide bonds. The molecule has 2 rings (SSSR count). The van der Waals surface area contributed by atoms with Gasteiger partial charge >= 0.3 is 0 Å². The number of aryl methyl sites for hydroxylation is 2. The van der Waals surface area contributed by atoms with Crippen LogP contribution in [0, 0.1) is 25.2 Å². The van der Waals surface area contributed by atoms with Crippen LogP contribution in [0.5, 0.6) is 0 Å². The maximum absolute atomic E-state index is 9.36. The molecule has 0 radical (unpaired) electrons. The van der Waals surface area contributed by atoms with Gasteiger partial charge in [-0.15, -0.1) is 0 Å². The normalized spacial score (nSPS) is 11.9. The lowest BCUT2D eigenvalue weighted by atomic mass is 9.92. The van der Waals surface area contributed by atoms with Crippen molar-refractivity contribution in [3.8, 4) is 6.07 Å². The summed E-state index contributed by atoms with van der Waals surface area (Å²) in [6.07, 6.45) is 0.720. The first-order chi connectivity index (χ1) is 9.10. The molecule has 0 heterocycles. The van der Waals surface area contributed by atoms with Gasteiger partial charge in [0.1, 0.15) is 0 Å². The number of nitrogens with zero attached hydrogens (tertiary/aromatic N) is 1. The SMILES string of the molecule is Cc1ccc(CC(C#N)c2cccc(Cl)c2)cc1C. The van der Waals surface area contributed by atoms with Gasteiger partial charge in [0.15, 0.2) is 0 Å². The highest BCUT2D eigenvalue weighted by atomic mass is 35.5. The third kappa shape index (κ3) is 3.36. The summed E-state index contributed by atoms with van der Waals surface area (Å²) in [5.41, 5.74) is 4.71. The average Bonchev–Trinajstić information content (AvgIpc) is 2.40. The van der Waals surface area contributed by atoms with E-state index < -0.39 is 0 Å². The Kier molecular flexibility index (Phi) is 4.24. The third-order valence-corrected chi connectivity index (χ3v) is 3.65. The van der Waals surface area contributed by atoms with Gasteiger partial charge in [0.05, 0.1) is 12.0 Å². The van der Waals surface area contributed by atoms with Gasteiger partial charge in [0, 0.05) is 5.02 Å². The van der Waals surface area contributed by atoms with Crippen LogP contribution in [-0.4, -0.2) is 0 Å². The molecule has 0 aromatic heterocycles. The number of halogens is 1. The fraction of sp³-hybridized carbons (Fsp3) is 0.235. The minimum Gasteiger partial charge on any atom is -0.198 e. The van der Waals surface area contributed by atoms with E-state index in [1.54, 1.807) is 0 Å². The zero-order valence-electron chi connectivity index (χ0n) is 11.2. The fourth-order valence-electron chi connectivity index (χ4n) is 2.13. The van der Waals surface area contributed by atoms with Crippen molar-refractivity contribution in [2.24, 2.45) is 0 Å². The quantitative estimate of drug-likeness (QED) is 0.785. The van der Waals surface area contributed by atoms with Crippen LogP contribution >= 0.6 is 11.6 Å². The highest BCUT2D eigenvalue weighted by Gasteiger charge is 2.12. The Labute approximate surface area is 119 Å². The minimum atomic E-state index is -0.152. The van der Waals surface area contributed by atoms with Gasteiger partial charge in [0.2, 0.25) is 0 Å². The number of hydrogen-bond acceptors (Lipinski definition) is 1. The van der Waals surface area contributed by atoms with E-state index in [1.807, 2.05) is 24.3 Å². The molecule has 1 unspecified atom stereocenters. The van der Waals surface area contributed by atoms with Crippen LogP contribution in [0.2, 0.25) is 5.02 Å². The number of rotatable bonds is 3. The molecule has 0 saturated heterocycles. The maximum Gasteiger partial charge on any atom is 0.0753 e. The highest BCUT2D eigenvalue weighted by molar-refractivity contribution is 6.30. The Morgan fingerprint density at radius 3 is 2.53 bits per heavy atom. The van der Waals surface area contributed by atoms with E-state index >= 15 is 0 Å². The first-order valence-electron chi connectivity index (χ1n) is 6.31. The predicted molar refractivity (Wildman–Crippen MR) is 79.4 cm³/mol. The smallest absolute Gasteiger partial charge is 0.0753 e. The molecule has 0 aliphatic rings. The molecule has 2 heteroatoms. The lowest BCUT2D eigenvalue weighted by Crippen LogP contribution is -2.01. The van der Waals surface area contributed by atoms with Crippen molar-refractivity contribution in [2.45, 2.75) is 26.2 Å². The topological polar surface area (TPSA) is 23.8 Å². The Hall–Kier alpha value is -1.78. The second kappa shape index (κ2) is 5.91. The number of benzene rings is 2. The van der Waals surface area contributed by atoms with E-state index in [-0.39, 0.29) is 5.92 Å². The van der Waals surface area contributed by atoms with E-state index in [9.17, 15) is 5.26 Å². The van der Waals surface area contributed by atoms with E-state index in [1.165, 1.54) is 16.7 Å². The minimum absolute atomic E-state index is 0.152. The Balaban J connectivity index is 2.24. The summed E-state index contributed by atoms with van der Waals surface area (Å²) in [7, 11) is 0. The highest BCUT2D eigenvalue weighted by Crippen LogP contribution is 2.24. The molecular weight excluding hydrogens is 254 g/mol. The summed E-state index contributed by atoms with van der Waals surface area (Å²) in [5, 5.41) is 10.0. The van der Waals surface area contributed by atoms with E-state index in [0.29, 0.717) is 5.02 Å². The molecule has 0 fully saturated rings. The fourth-order valence-corrected chi connectivity index (χ4v) is 2.33. The van der Waals surface area contributed by atoms with Crippen molar-refractivity contribution in [1.82, 2.24) is 0 Å². The largest absolute Gasteiger partial charge is 0.198 e. The van der Waals surface area contributed by atoms with Crippen LogP contribution < -0.4 is 0 Å². The Bertz CT molecular complexity index is 625. The van der Waals surface area contributed by atoms with E-state index in [0.717, 1.165) is 12.0 Å². The van der Waals surface area contributed by atoms with Gasteiger partial charge in [-0.2, -0.15) is 5.26 Å². The summed E-state index contributed by atoms with van der Waals surface area (Å²) in [6.45, 7) is 4.19. The van der Waals surface area contributed by atoms with Crippen LogP contribution in [0.1, 0.15) is 28.2 Å². The molecule has 0 N–H and O–H groups in total. The first kappa shape index (κ1) is 13.6. The van der Waals surface area contributed by atoms with Gasteiger partial charge in [-0.1, -0.05) is 41.9 Å². The molecule has 0 saturated carbocycles. The number of hydrogen-bond donors (Lipinski definition) is 0. The van der Waals surface area contributed by atoms with Crippen LogP contribution in [-0.2, 0) is 6.42 Å². The molecule has 2 aromatic carbocycles. The number of nitriles is 1. The van der Waals surface area contributed by atoms with Gasteiger partial charge in [0.25, 0.3) is 0 Å². The molecule has 1 nitrogen and oxygen atoms in total. The van der Waals surface area contributed by atoms with Crippen molar-refractivity contribution in [2.75, 3.05) is 0 Å². The predicted octanol–water partition coefficient (Wildman–Crippen LogP) is 4.81. The zero-order chi connectivity index (χ0) is 13.8. The maximum atomic E-state index is 9.36. The lowest BCUT2D eigenvalue weighted by molar-refractivity contribution is 0.847. The average molecular weight is 270 g/mol. The molecule has 0 spiro atoms. The van der Waals surface area contributed by atoms with Gasteiger partial charge in [-0.3, -0.25) is 0 Å². The standard InChI is InChI=1S/C17H16ClN/c1-12-6-7-14(8-13(12)2)9-16(11-19)15-4-3-5-17(18)10-15/h3-8,10,16H,9H2,1-2H3. The van der Waals surface area contributed by atoms with E-state index in [2.05, 4.69) is 38.1 Å². The molecule has 96 valence electrons. The summed E-state index contributed by atoms with van der Waals surface area (Å²) >= 11 is 5.99. The van der Waals surface area contributed by atoms with E-state index in [4.69, 9.17) is 11.6 Å². The summed E-state index contributed by atoms with van der Waals surface area (Å²) < 4.78 is 0. The van der Waals surface area contributed by atoms with Gasteiger partial charge in [-0.25, -0.2) is 0 Å². The van der Waals surface area contributed by atoms with Crippen LogP contribution in [0.25, 0.3) is 0 Å². The zero-order valence-corrected chi connectivity index (χ0v) is 11.9. The first-order valence-corrected chi connectivity index (χ1v) is 6.69.